The molecule has 2 fully saturated rings. The zero-order valence-corrected chi connectivity index (χ0v) is 11.2. The van der Waals surface area contributed by atoms with Gasteiger partial charge in [-0.05, 0) is 76.9 Å². The van der Waals surface area contributed by atoms with Gasteiger partial charge >= 0.3 is 0 Å². The fraction of sp³-hybridized carbons (Fsp3) is 1.00. The van der Waals surface area contributed by atoms with Crippen LogP contribution in [0.2, 0.25) is 0 Å². The van der Waals surface area contributed by atoms with E-state index in [1.54, 1.807) is 0 Å². The number of aliphatic hydroxyl groups is 1. The van der Waals surface area contributed by atoms with Crippen molar-refractivity contribution in [1.82, 2.24) is 4.90 Å². The molecule has 0 aromatic heterocycles. The van der Waals surface area contributed by atoms with Crippen LogP contribution in [-0.4, -0.2) is 41.8 Å². The first-order chi connectivity index (χ1) is 8.09. The Labute approximate surface area is 105 Å². The van der Waals surface area contributed by atoms with E-state index in [-0.39, 0.29) is 5.60 Å². The van der Waals surface area contributed by atoms with Crippen LogP contribution in [-0.2, 0) is 0 Å². The Bertz CT molecular complexity index is 224. The molecule has 1 saturated carbocycles. The van der Waals surface area contributed by atoms with E-state index in [1.807, 2.05) is 6.92 Å². The molecule has 0 radical (unpaired) electrons. The molecule has 2 rings (SSSR count). The van der Waals surface area contributed by atoms with Gasteiger partial charge in [0.15, 0.2) is 0 Å². The highest BCUT2D eigenvalue weighted by atomic mass is 16.3. The molecule has 0 bridgehead atoms. The van der Waals surface area contributed by atoms with Crippen molar-refractivity contribution in [2.45, 2.75) is 51.0 Å². The van der Waals surface area contributed by atoms with Crippen LogP contribution in [0.4, 0.5) is 0 Å². The summed E-state index contributed by atoms with van der Waals surface area (Å²) in [7, 11) is 0. The number of nitrogens with two attached hydrogens (primary N) is 1. The Morgan fingerprint density at radius 1 is 1.12 bits per heavy atom. The second-order valence-electron chi connectivity index (χ2n) is 6.42. The van der Waals surface area contributed by atoms with Crippen LogP contribution in [0.3, 0.4) is 0 Å². The third kappa shape index (κ3) is 3.94. The lowest BCUT2D eigenvalue weighted by atomic mass is 9.79. The van der Waals surface area contributed by atoms with Crippen molar-refractivity contribution in [3.63, 3.8) is 0 Å². The summed E-state index contributed by atoms with van der Waals surface area (Å²) in [5, 5.41) is 9.94. The van der Waals surface area contributed by atoms with E-state index >= 15 is 0 Å². The molecule has 0 atom stereocenters. The smallest absolute Gasteiger partial charge is 0.0620 e. The van der Waals surface area contributed by atoms with Gasteiger partial charge in [0.2, 0.25) is 0 Å². The largest absolute Gasteiger partial charge is 0.390 e. The van der Waals surface area contributed by atoms with Crippen molar-refractivity contribution in [3.05, 3.63) is 0 Å². The van der Waals surface area contributed by atoms with Gasteiger partial charge in [0, 0.05) is 6.54 Å². The molecule has 0 unspecified atom stereocenters. The predicted molar refractivity (Wildman–Crippen MR) is 70.8 cm³/mol. The van der Waals surface area contributed by atoms with Gasteiger partial charge < -0.3 is 15.7 Å². The standard InChI is InChI=1S/C14H28N2O/c1-14(17)6-2-13(3-7-14)11-16-8-4-12(10-15)5-9-16/h12-13,17H,2-11,15H2,1H3. The molecule has 1 aliphatic carbocycles. The van der Waals surface area contributed by atoms with E-state index < -0.39 is 0 Å². The van der Waals surface area contributed by atoms with Crippen molar-refractivity contribution in [2.24, 2.45) is 17.6 Å². The zero-order chi connectivity index (χ0) is 12.3. The van der Waals surface area contributed by atoms with Gasteiger partial charge in [-0.1, -0.05) is 0 Å². The molecule has 0 aromatic rings. The Hall–Kier alpha value is -0.120. The lowest BCUT2D eigenvalue weighted by Gasteiger charge is -2.38. The van der Waals surface area contributed by atoms with Crippen molar-refractivity contribution in [1.29, 1.82) is 0 Å². The second-order valence-corrected chi connectivity index (χ2v) is 6.42. The van der Waals surface area contributed by atoms with Gasteiger partial charge in [-0.3, -0.25) is 0 Å². The summed E-state index contributed by atoms with van der Waals surface area (Å²) in [6.07, 6.45) is 6.92. The summed E-state index contributed by atoms with van der Waals surface area (Å²) < 4.78 is 0. The molecule has 100 valence electrons. The van der Waals surface area contributed by atoms with Crippen molar-refractivity contribution >= 4 is 0 Å². The number of rotatable bonds is 3. The molecule has 3 heteroatoms. The maximum atomic E-state index is 9.94. The molecule has 17 heavy (non-hydrogen) atoms. The van der Waals surface area contributed by atoms with Gasteiger partial charge in [-0.15, -0.1) is 0 Å². The summed E-state index contributed by atoms with van der Waals surface area (Å²) in [5.74, 6) is 1.57. The minimum Gasteiger partial charge on any atom is -0.390 e. The van der Waals surface area contributed by atoms with Crippen LogP contribution in [0.25, 0.3) is 0 Å². The Balaban J connectivity index is 1.69. The van der Waals surface area contributed by atoms with Crippen molar-refractivity contribution < 1.29 is 5.11 Å². The van der Waals surface area contributed by atoms with E-state index in [1.165, 1.54) is 45.3 Å². The second kappa shape index (κ2) is 5.68. The SMILES string of the molecule is CC1(O)CCC(CN2CCC(CN)CC2)CC1. The van der Waals surface area contributed by atoms with E-state index in [4.69, 9.17) is 5.73 Å². The summed E-state index contributed by atoms with van der Waals surface area (Å²) in [6, 6.07) is 0. The first kappa shape index (κ1) is 13.3. The van der Waals surface area contributed by atoms with Crippen LogP contribution in [0.5, 0.6) is 0 Å². The third-order valence-electron chi connectivity index (χ3n) is 4.74. The van der Waals surface area contributed by atoms with Crippen LogP contribution in [0.1, 0.15) is 45.4 Å². The first-order valence-corrected chi connectivity index (χ1v) is 7.24. The van der Waals surface area contributed by atoms with Gasteiger partial charge in [0.05, 0.1) is 5.60 Å². The number of likely N-dealkylation sites (tertiary alicyclic amines) is 1. The molecular formula is C14H28N2O. The number of hydrogen-bond acceptors (Lipinski definition) is 3. The summed E-state index contributed by atoms with van der Waals surface area (Å²) in [6.45, 7) is 6.55. The molecule has 0 amide bonds. The molecule has 3 N–H and O–H groups in total. The van der Waals surface area contributed by atoms with Gasteiger partial charge in [-0.2, -0.15) is 0 Å². The minimum absolute atomic E-state index is 0.386. The lowest BCUT2D eigenvalue weighted by molar-refractivity contribution is 0.00126. The van der Waals surface area contributed by atoms with Crippen LogP contribution >= 0.6 is 0 Å². The zero-order valence-electron chi connectivity index (χ0n) is 11.2. The maximum Gasteiger partial charge on any atom is 0.0620 e. The average molecular weight is 240 g/mol. The molecule has 1 aliphatic heterocycles. The molecule has 1 heterocycles. The van der Waals surface area contributed by atoms with Crippen LogP contribution in [0.15, 0.2) is 0 Å². The lowest BCUT2D eigenvalue weighted by Crippen LogP contribution is -2.41. The van der Waals surface area contributed by atoms with E-state index in [2.05, 4.69) is 4.90 Å². The third-order valence-corrected chi connectivity index (χ3v) is 4.74. The van der Waals surface area contributed by atoms with E-state index in [0.717, 1.165) is 31.2 Å². The van der Waals surface area contributed by atoms with Crippen molar-refractivity contribution in [3.8, 4) is 0 Å². The molecule has 0 aromatic carbocycles. The highest BCUT2D eigenvalue weighted by Gasteiger charge is 2.30. The van der Waals surface area contributed by atoms with E-state index in [0.29, 0.717) is 0 Å². The highest BCUT2D eigenvalue weighted by molar-refractivity contribution is 4.83. The highest BCUT2D eigenvalue weighted by Crippen LogP contribution is 2.32. The van der Waals surface area contributed by atoms with Crippen molar-refractivity contribution in [2.75, 3.05) is 26.2 Å². The Morgan fingerprint density at radius 2 is 1.71 bits per heavy atom. The monoisotopic (exact) mass is 240 g/mol. The normalized spacial score (nSPS) is 37.2. The average Bonchev–Trinajstić information content (AvgIpc) is 2.33. The number of hydrogen-bond donors (Lipinski definition) is 2. The maximum absolute atomic E-state index is 9.94. The molecule has 0 spiro atoms. The van der Waals surface area contributed by atoms with Crippen LogP contribution in [0, 0.1) is 11.8 Å². The topological polar surface area (TPSA) is 49.5 Å². The quantitative estimate of drug-likeness (QED) is 0.788. The fourth-order valence-corrected chi connectivity index (χ4v) is 3.25. The predicted octanol–water partition coefficient (Wildman–Crippen LogP) is 1.60. The molecule has 1 saturated heterocycles. The number of nitrogens with zero attached hydrogens (tertiary/aromatic N) is 1. The van der Waals surface area contributed by atoms with Gasteiger partial charge in [0.25, 0.3) is 0 Å². The first-order valence-electron chi connectivity index (χ1n) is 7.24. The van der Waals surface area contributed by atoms with Gasteiger partial charge in [-0.25, -0.2) is 0 Å². The molecule has 3 nitrogen and oxygen atoms in total. The fourth-order valence-electron chi connectivity index (χ4n) is 3.25. The van der Waals surface area contributed by atoms with Crippen LogP contribution < -0.4 is 5.73 Å². The molecular weight excluding hydrogens is 212 g/mol. The van der Waals surface area contributed by atoms with E-state index in [9.17, 15) is 5.11 Å². The summed E-state index contributed by atoms with van der Waals surface area (Å²) in [4.78, 5) is 2.61. The summed E-state index contributed by atoms with van der Waals surface area (Å²) >= 11 is 0. The summed E-state index contributed by atoms with van der Waals surface area (Å²) in [5.41, 5.74) is 5.33. The number of piperidine rings is 1. The molecule has 2 aliphatic rings. The minimum atomic E-state index is -0.386. The Morgan fingerprint density at radius 3 is 2.24 bits per heavy atom. The Kier molecular flexibility index (Phi) is 4.45. The van der Waals surface area contributed by atoms with Gasteiger partial charge in [0.1, 0.15) is 0 Å².